The third kappa shape index (κ3) is 5.18. The molecule has 1 aromatic carbocycles. The molecule has 0 bridgehead atoms. The van der Waals surface area contributed by atoms with Crippen LogP contribution in [0.1, 0.15) is 38.7 Å². The Balaban J connectivity index is 1.91. The Bertz CT molecular complexity index is 448. The number of aliphatic hydroxyl groups excluding tert-OH is 1. The molecular formula is C18H29NO3. The molecule has 0 aromatic heterocycles. The Morgan fingerprint density at radius 2 is 2.05 bits per heavy atom. The van der Waals surface area contributed by atoms with E-state index in [1.807, 2.05) is 12.1 Å². The zero-order valence-electron chi connectivity index (χ0n) is 13.8. The fourth-order valence-corrected chi connectivity index (χ4v) is 2.96. The monoisotopic (exact) mass is 307 g/mol. The summed E-state index contributed by atoms with van der Waals surface area (Å²) in [5, 5.41) is 12.7. The van der Waals surface area contributed by atoms with Crippen LogP contribution in [-0.2, 0) is 6.54 Å². The molecule has 0 spiro atoms. The lowest BCUT2D eigenvalue weighted by Gasteiger charge is -2.19. The minimum absolute atomic E-state index is 0.261. The van der Waals surface area contributed by atoms with E-state index in [1.54, 1.807) is 0 Å². The van der Waals surface area contributed by atoms with Crippen LogP contribution in [-0.4, -0.2) is 31.5 Å². The van der Waals surface area contributed by atoms with E-state index in [4.69, 9.17) is 9.47 Å². The second kappa shape index (κ2) is 9.01. The molecule has 0 saturated heterocycles. The number of hydrogen-bond donors (Lipinski definition) is 2. The Labute approximate surface area is 133 Å². The van der Waals surface area contributed by atoms with E-state index < -0.39 is 0 Å². The van der Waals surface area contributed by atoms with Crippen molar-refractivity contribution in [2.45, 2.75) is 39.7 Å². The Morgan fingerprint density at radius 1 is 1.23 bits per heavy atom. The van der Waals surface area contributed by atoms with Gasteiger partial charge < -0.3 is 19.9 Å². The highest BCUT2D eigenvalue weighted by Gasteiger charge is 2.15. The van der Waals surface area contributed by atoms with Crippen LogP contribution in [0.15, 0.2) is 18.2 Å². The van der Waals surface area contributed by atoms with Crippen molar-refractivity contribution >= 4 is 0 Å². The smallest absolute Gasteiger partial charge is 0.165 e. The van der Waals surface area contributed by atoms with Gasteiger partial charge in [-0.05, 0) is 37.3 Å². The fraction of sp³-hybridized carbons (Fsp3) is 0.667. The normalized spacial score (nSPS) is 15.6. The summed E-state index contributed by atoms with van der Waals surface area (Å²) in [5.41, 5.74) is 1.15. The van der Waals surface area contributed by atoms with Crippen molar-refractivity contribution in [3.63, 3.8) is 0 Å². The van der Waals surface area contributed by atoms with Crippen LogP contribution in [0.25, 0.3) is 0 Å². The summed E-state index contributed by atoms with van der Waals surface area (Å²) in [6.45, 7) is 7.84. The molecule has 1 aliphatic heterocycles. The molecule has 1 unspecified atom stereocenters. The summed E-state index contributed by atoms with van der Waals surface area (Å²) in [6.07, 6.45) is 2.92. The van der Waals surface area contributed by atoms with Gasteiger partial charge in [0.1, 0.15) is 0 Å². The van der Waals surface area contributed by atoms with Crippen LogP contribution in [0.3, 0.4) is 0 Å². The third-order valence-electron chi connectivity index (χ3n) is 3.94. The number of rotatable bonds is 8. The van der Waals surface area contributed by atoms with Crippen LogP contribution in [0.4, 0.5) is 0 Å². The van der Waals surface area contributed by atoms with E-state index in [0.29, 0.717) is 18.4 Å². The fourth-order valence-electron chi connectivity index (χ4n) is 2.96. The lowest BCUT2D eigenvalue weighted by molar-refractivity contribution is 0.239. The molecule has 0 radical (unpaired) electrons. The van der Waals surface area contributed by atoms with E-state index in [9.17, 15) is 5.11 Å². The van der Waals surface area contributed by atoms with Gasteiger partial charge in [0.15, 0.2) is 11.5 Å². The van der Waals surface area contributed by atoms with Crippen LogP contribution in [0.5, 0.6) is 11.5 Å². The molecule has 1 aromatic rings. The highest BCUT2D eigenvalue weighted by molar-refractivity contribution is 5.47. The van der Waals surface area contributed by atoms with Gasteiger partial charge in [0.25, 0.3) is 0 Å². The lowest BCUT2D eigenvalue weighted by atomic mass is 9.94. The summed E-state index contributed by atoms with van der Waals surface area (Å²) in [7, 11) is 0. The molecule has 1 aliphatic rings. The van der Waals surface area contributed by atoms with Gasteiger partial charge in [0, 0.05) is 25.1 Å². The molecule has 1 heterocycles. The Morgan fingerprint density at radius 3 is 2.82 bits per heavy atom. The zero-order chi connectivity index (χ0) is 15.8. The number of para-hydroxylation sites is 1. The molecule has 22 heavy (non-hydrogen) atoms. The maximum atomic E-state index is 9.19. The first-order valence-corrected chi connectivity index (χ1v) is 8.39. The summed E-state index contributed by atoms with van der Waals surface area (Å²) in [4.78, 5) is 0. The number of hydrogen-bond acceptors (Lipinski definition) is 4. The predicted octanol–water partition coefficient (Wildman–Crippen LogP) is 2.98. The first-order chi connectivity index (χ1) is 10.7. The van der Waals surface area contributed by atoms with Gasteiger partial charge in [0.2, 0.25) is 0 Å². The van der Waals surface area contributed by atoms with Crippen LogP contribution in [0, 0.1) is 11.8 Å². The molecule has 0 fully saturated rings. The molecule has 4 heteroatoms. The average Bonchev–Trinajstić information content (AvgIpc) is 2.72. The van der Waals surface area contributed by atoms with Crippen LogP contribution < -0.4 is 14.8 Å². The van der Waals surface area contributed by atoms with Gasteiger partial charge >= 0.3 is 0 Å². The quantitative estimate of drug-likeness (QED) is 0.775. The van der Waals surface area contributed by atoms with Crippen molar-refractivity contribution in [3.05, 3.63) is 23.8 Å². The SMILES string of the molecule is CC(C)CC(CCO)CNCc1cccc2c1OCCCO2. The molecular weight excluding hydrogens is 278 g/mol. The Hall–Kier alpha value is -1.26. The maximum absolute atomic E-state index is 9.19. The number of nitrogens with one attached hydrogen (secondary N) is 1. The molecule has 2 rings (SSSR count). The van der Waals surface area contributed by atoms with Gasteiger partial charge in [-0.15, -0.1) is 0 Å². The summed E-state index contributed by atoms with van der Waals surface area (Å²) in [6, 6.07) is 6.07. The highest BCUT2D eigenvalue weighted by atomic mass is 16.5. The number of benzene rings is 1. The molecule has 1 atom stereocenters. The molecule has 2 N–H and O–H groups in total. The topological polar surface area (TPSA) is 50.7 Å². The standard InChI is InChI=1S/C18H29NO3/c1-14(2)11-15(7-8-20)12-19-13-16-5-3-6-17-18(16)22-10-4-9-21-17/h3,5-6,14-15,19-20H,4,7-13H2,1-2H3. The van der Waals surface area contributed by atoms with Gasteiger partial charge in [-0.2, -0.15) is 0 Å². The summed E-state index contributed by atoms with van der Waals surface area (Å²) < 4.78 is 11.6. The predicted molar refractivity (Wildman–Crippen MR) is 88.4 cm³/mol. The van der Waals surface area contributed by atoms with E-state index in [1.165, 1.54) is 0 Å². The molecule has 124 valence electrons. The Kier molecular flexibility index (Phi) is 7.00. The van der Waals surface area contributed by atoms with E-state index >= 15 is 0 Å². The van der Waals surface area contributed by atoms with Gasteiger partial charge in [-0.3, -0.25) is 0 Å². The van der Waals surface area contributed by atoms with E-state index in [2.05, 4.69) is 25.2 Å². The summed E-state index contributed by atoms with van der Waals surface area (Å²) >= 11 is 0. The molecule has 0 saturated carbocycles. The minimum atomic E-state index is 0.261. The van der Waals surface area contributed by atoms with Crippen molar-refractivity contribution in [2.24, 2.45) is 11.8 Å². The maximum Gasteiger partial charge on any atom is 0.165 e. The van der Waals surface area contributed by atoms with E-state index in [-0.39, 0.29) is 6.61 Å². The van der Waals surface area contributed by atoms with Gasteiger partial charge in [0.05, 0.1) is 13.2 Å². The second-order valence-corrected chi connectivity index (χ2v) is 6.43. The van der Waals surface area contributed by atoms with Crippen molar-refractivity contribution in [2.75, 3.05) is 26.4 Å². The minimum Gasteiger partial charge on any atom is -0.490 e. The van der Waals surface area contributed by atoms with Crippen molar-refractivity contribution in [3.8, 4) is 11.5 Å². The lowest BCUT2D eigenvalue weighted by Crippen LogP contribution is -2.24. The van der Waals surface area contributed by atoms with Crippen molar-refractivity contribution in [1.82, 2.24) is 5.32 Å². The highest BCUT2D eigenvalue weighted by Crippen LogP contribution is 2.33. The molecule has 4 nitrogen and oxygen atoms in total. The van der Waals surface area contributed by atoms with Gasteiger partial charge in [-0.25, -0.2) is 0 Å². The van der Waals surface area contributed by atoms with Crippen molar-refractivity contribution in [1.29, 1.82) is 0 Å². The number of ether oxygens (including phenoxy) is 2. The molecule has 0 aliphatic carbocycles. The zero-order valence-corrected chi connectivity index (χ0v) is 13.8. The number of aliphatic hydroxyl groups is 1. The average molecular weight is 307 g/mol. The second-order valence-electron chi connectivity index (χ2n) is 6.43. The van der Waals surface area contributed by atoms with Gasteiger partial charge in [-0.1, -0.05) is 26.0 Å². The van der Waals surface area contributed by atoms with Crippen LogP contribution in [0.2, 0.25) is 0 Å². The van der Waals surface area contributed by atoms with Crippen molar-refractivity contribution < 1.29 is 14.6 Å². The molecule has 0 amide bonds. The first kappa shape index (κ1) is 17.1. The number of fused-ring (bicyclic) bond motifs is 1. The largest absolute Gasteiger partial charge is 0.490 e. The van der Waals surface area contributed by atoms with Crippen LogP contribution >= 0.6 is 0 Å². The summed E-state index contributed by atoms with van der Waals surface area (Å²) in [5.74, 6) is 2.91. The third-order valence-corrected chi connectivity index (χ3v) is 3.94. The van der Waals surface area contributed by atoms with E-state index in [0.717, 1.165) is 56.0 Å². The first-order valence-electron chi connectivity index (χ1n) is 8.39.